The molecular formula is C20H17ClN6O. The standard InChI is InChI=1S/C20H17ClN6O/c1-13-18-19(25-24-11-14-3-9-17(28-2)10-4-14)22-12-23-20(18)27(26-13)16-7-5-15(21)6-8-16/h3-12H,1-2H3,(H,22,23,25)/b24-11+. The minimum absolute atomic E-state index is 0.590. The number of methoxy groups -OCH3 is 1. The summed E-state index contributed by atoms with van der Waals surface area (Å²) >= 11 is 5.98. The molecule has 28 heavy (non-hydrogen) atoms. The highest BCUT2D eigenvalue weighted by atomic mass is 35.5. The number of fused-ring (bicyclic) bond motifs is 1. The highest BCUT2D eigenvalue weighted by molar-refractivity contribution is 6.30. The van der Waals surface area contributed by atoms with Crippen molar-refractivity contribution in [1.29, 1.82) is 0 Å². The van der Waals surface area contributed by atoms with Gasteiger partial charge in [0.1, 0.15) is 12.1 Å². The van der Waals surface area contributed by atoms with Gasteiger partial charge in [0.15, 0.2) is 11.5 Å². The molecule has 140 valence electrons. The Hall–Kier alpha value is -3.45. The van der Waals surface area contributed by atoms with E-state index >= 15 is 0 Å². The molecule has 4 rings (SSSR count). The molecule has 0 atom stereocenters. The third-order valence-electron chi connectivity index (χ3n) is 4.21. The van der Waals surface area contributed by atoms with Crippen molar-refractivity contribution >= 4 is 34.7 Å². The van der Waals surface area contributed by atoms with Crippen LogP contribution in [0, 0.1) is 6.92 Å². The molecular weight excluding hydrogens is 376 g/mol. The third-order valence-corrected chi connectivity index (χ3v) is 4.46. The monoisotopic (exact) mass is 392 g/mol. The lowest BCUT2D eigenvalue weighted by Gasteiger charge is -2.04. The summed E-state index contributed by atoms with van der Waals surface area (Å²) < 4.78 is 6.92. The maximum absolute atomic E-state index is 5.98. The highest BCUT2D eigenvalue weighted by Gasteiger charge is 2.14. The average Bonchev–Trinajstić information content (AvgIpc) is 3.07. The first-order valence-corrected chi connectivity index (χ1v) is 8.93. The Balaban J connectivity index is 1.64. The van der Waals surface area contributed by atoms with Crippen molar-refractivity contribution in [3.05, 3.63) is 71.1 Å². The van der Waals surface area contributed by atoms with Gasteiger partial charge in [-0.2, -0.15) is 10.2 Å². The van der Waals surface area contributed by atoms with E-state index in [-0.39, 0.29) is 0 Å². The van der Waals surface area contributed by atoms with Crippen molar-refractivity contribution < 1.29 is 4.74 Å². The number of hydrogen-bond acceptors (Lipinski definition) is 6. The molecule has 0 spiro atoms. The fourth-order valence-electron chi connectivity index (χ4n) is 2.82. The number of anilines is 1. The quantitative estimate of drug-likeness (QED) is 0.406. The molecule has 0 aliphatic heterocycles. The zero-order chi connectivity index (χ0) is 19.5. The summed E-state index contributed by atoms with van der Waals surface area (Å²) in [6.45, 7) is 1.91. The molecule has 0 saturated carbocycles. The number of aryl methyl sites for hydroxylation is 1. The van der Waals surface area contributed by atoms with Crippen molar-refractivity contribution in [2.45, 2.75) is 6.92 Å². The van der Waals surface area contributed by atoms with Gasteiger partial charge in [-0.15, -0.1) is 0 Å². The van der Waals surface area contributed by atoms with Crippen LogP contribution in [-0.2, 0) is 0 Å². The summed E-state index contributed by atoms with van der Waals surface area (Å²) in [6.07, 6.45) is 3.20. The maximum Gasteiger partial charge on any atom is 0.168 e. The molecule has 0 amide bonds. The Morgan fingerprint density at radius 1 is 1.07 bits per heavy atom. The number of hydrogen-bond donors (Lipinski definition) is 1. The highest BCUT2D eigenvalue weighted by Crippen LogP contribution is 2.25. The molecule has 0 bridgehead atoms. The molecule has 0 aliphatic carbocycles. The van der Waals surface area contributed by atoms with E-state index in [0.29, 0.717) is 16.5 Å². The fraction of sp³-hybridized carbons (Fsp3) is 0.100. The van der Waals surface area contributed by atoms with Gasteiger partial charge in [-0.05, 0) is 61.0 Å². The van der Waals surface area contributed by atoms with E-state index in [4.69, 9.17) is 16.3 Å². The first kappa shape index (κ1) is 17.9. The summed E-state index contributed by atoms with van der Waals surface area (Å²) in [6, 6.07) is 15.0. The number of aromatic nitrogens is 4. The van der Waals surface area contributed by atoms with E-state index in [1.165, 1.54) is 6.33 Å². The molecule has 0 unspecified atom stereocenters. The third kappa shape index (κ3) is 3.52. The molecule has 0 saturated heterocycles. The molecule has 2 aromatic carbocycles. The summed E-state index contributed by atoms with van der Waals surface area (Å²) in [7, 11) is 1.64. The van der Waals surface area contributed by atoms with E-state index in [0.717, 1.165) is 28.1 Å². The SMILES string of the molecule is COc1ccc(/C=N/Nc2ncnc3c2c(C)nn3-c2ccc(Cl)cc2)cc1. The lowest BCUT2D eigenvalue weighted by Crippen LogP contribution is -1.99. The molecule has 8 heteroatoms. The van der Waals surface area contributed by atoms with E-state index < -0.39 is 0 Å². The van der Waals surface area contributed by atoms with Crippen LogP contribution >= 0.6 is 11.6 Å². The van der Waals surface area contributed by atoms with Crippen molar-refractivity contribution in [1.82, 2.24) is 19.7 Å². The zero-order valence-electron chi connectivity index (χ0n) is 15.3. The first-order chi connectivity index (χ1) is 13.7. The number of ether oxygens (including phenoxy) is 1. The molecule has 1 N–H and O–H groups in total. The topological polar surface area (TPSA) is 77.2 Å². The smallest absolute Gasteiger partial charge is 0.168 e. The fourth-order valence-corrected chi connectivity index (χ4v) is 2.95. The van der Waals surface area contributed by atoms with Crippen LogP contribution < -0.4 is 10.2 Å². The number of rotatable bonds is 5. The normalized spacial score (nSPS) is 11.2. The number of halogens is 1. The minimum Gasteiger partial charge on any atom is -0.497 e. The lowest BCUT2D eigenvalue weighted by molar-refractivity contribution is 0.415. The van der Waals surface area contributed by atoms with Gasteiger partial charge in [-0.3, -0.25) is 5.43 Å². The first-order valence-electron chi connectivity index (χ1n) is 8.55. The molecule has 0 aliphatic rings. The van der Waals surface area contributed by atoms with Gasteiger partial charge in [0.25, 0.3) is 0 Å². The van der Waals surface area contributed by atoms with Crippen LogP contribution in [0.2, 0.25) is 5.02 Å². The summed E-state index contributed by atoms with van der Waals surface area (Å²) in [5, 5.41) is 10.4. The van der Waals surface area contributed by atoms with Crippen molar-refractivity contribution in [3.8, 4) is 11.4 Å². The van der Waals surface area contributed by atoms with Gasteiger partial charge >= 0.3 is 0 Å². The zero-order valence-corrected chi connectivity index (χ0v) is 16.1. The van der Waals surface area contributed by atoms with Gasteiger partial charge in [-0.1, -0.05) is 11.6 Å². The number of benzene rings is 2. The van der Waals surface area contributed by atoms with Crippen LogP contribution in [0.15, 0.2) is 60.0 Å². The van der Waals surface area contributed by atoms with Crippen LogP contribution in [0.5, 0.6) is 5.75 Å². The maximum atomic E-state index is 5.98. The molecule has 0 fully saturated rings. The van der Waals surface area contributed by atoms with Gasteiger partial charge in [0, 0.05) is 5.02 Å². The van der Waals surface area contributed by atoms with Crippen LogP contribution in [0.4, 0.5) is 5.82 Å². The van der Waals surface area contributed by atoms with Crippen molar-refractivity contribution in [2.24, 2.45) is 5.10 Å². The predicted octanol–water partition coefficient (Wildman–Crippen LogP) is 4.23. The Bertz CT molecular complexity index is 1140. The van der Waals surface area contributed by atoms with Gasteiger partial charge in [0.05, 0.1) is 30.1 Å². The second-order valence-corrected chi connectivity index (χ2v) is 6.47. The van der Waals surface area contributed by atoms with Crippen LogP contribution in [0.25, 0.3) is 16.7 Å². The molecule has 0 radical (unpaired) electrons. The Labute approximate surface area is 166 Å². The largest absolute Gasteiger partial charge is 0.497 e. The molecule has 7 nitrogen and oxygen atoms in total. The van der Waals surface area contributed by atoms with Gasteiger partial charge in [0.2, 0.25) is 0 Å². The Morgan fingerprint density at radius 2 is 1.82 bits per heavy atom. The van der Waals surface area contributed by atoms with Gasteiger partial charge in [-0.25, -0.2) is 14.6 Å². The van der Waals surface area contributed by atoms with E-state index in [9.17, 15) is 0 Å². The van der Waals surface area contributed by atoms with Crippen LogP contribution in [-0.4, -0.2) is 33.1 Å². The second kappa shape index (κ2) is 7.66. The Kier molecular flexibility index (Phi) is 4.90. The van der Waals surface area contributed by atoms with E-state index in [1.807, 2.05) is 55.5 Å². The van der Waals surface area contributed by atoms with Gasteiger partial charge < -0.3 is 4.74 Å². The van der Waals surface area contributed by atoms with Crippen LogP contribution in [0.1, 0.15) is 11.3 Å². The predicted molar refractivity (Wildman–Crippen MR) is 111 cm³/mol. The van der Waals surface area contributed by atoms with Crippen molar-refractivity contribution in [3.63, 3.8) is 0 Å². The summed E-state index contributed by atoms with van der Waals surface area (Å²) in [5.41, 5.74) is 6.29. The Morgan fingerprint density at radius 3 is 2.54 bits per heavy atom. The number of hydrazone groups is 1. The molecule has 2 heterocycles. The number of nitrogens with one attached hydrogen (secondary N) is 1. The summed E-state index contributed by atoms with van der Waals surface area (Å²) in [5.74, 6) is 1.39. The molecule has 2 aromatic heterocycles. The van der Waals surface area contributed by atoms with Crippen molar-refractivity contribution in [2.75, 3.05) is 12.5 Å². The number of nitrogens with zero attached hydrogens (tertiary/aromatic N) is 5. The van der Waals surface area contributed by atoms with E-state index in [1.54, 1.807) is 18.0 Å². The molecule has 4 aromatic rings. The van der Waals surface area contributed by atoms with E-state index in [2.05, 4.69) is 25.6 Å². The minimum atomic E-state index is 0.590. The second-order valence-electron chi connectivity index (χ2n) is 6.04. The lowest BCUT2D eigenvalue weighted by atomic mass is 10.2. The summed E-state index contributed by atoms with van der Waals surface area (Å²) in [4.78, 5) is 8.71. The average molecular weight is 393 g/mol. The van der Waals surface area contributed by atoms with Crippen LogP contribution in [0.3, 0.4) is 0 Å².